The van der Waals surface area contributed by atoms with Crippen LogP contribution in [0.15, 0.2) is 76.1 Å². The fourth-order valence-corrected chi connectivity index (χ4v) is 3.39. The van der Waals surface area contributed by atoms with E-state index in [1.807, 2.05) is 24.3 Å². The molecule has 27 heavy (non-hydrogen) atoms. The highest BCUT2D eigenvalue weighted by molar-refractivity contribution is 6.06. The molecule has 0 saturated carbocycles. The molecule has 0 unspecified atom stereocenters. The van der Waals surface area contributed by atoms with Crippen molar-refractivity contribution in [1.29, 1.82) is 0 Å². The average Bonchev–Trinajstić information content (AvgIpc) is 3.47. The first-order chi connectivity index (χ1) is 13.3. The molecule has 132 valence electrons. The zero-order valence-electron chi connectivity index (χ0n) is 14.3. The van der Waals surface area contributed by atoms with Crippen molar-refractivity contribution in [2.24, 2.45) is 0 Å². The Morgan fingerprint density at radius 2 is 1.89 bits per heavy atom. The molecule has 1 amide bonds. The molecule has 6 heteroatoms. The summed E-state index contributed by atoms with van der Waals surface area (Å²) in [7, 11) is 0. The zero-order chi connectivity index (χ0) is 18.2. The highest BCUT2D eigenvalue weighted by Crippen LogP contribution is 2.33. The summed E-state index contributed by atoms with van der Waals surface area (Å²) < 4.78 is 10.5. The summed E-state index contributed by atoms with van der Waals surface area (Å²) >= 11 is 0. The third kappa shape index (κ3) is 2.71. The fraction of sp³-hybridized carbons (Fsp3) is 0.0952. The third-order valence-corrected chi connectivity index (χ3v) is 4.73. The number of aromatic nitrogens is 2. The van der Waals surface area contributed by atoms with Crippen LogP contribution in [-0.2, 0) is 6.42 Å². The van der Waals surface area contributed by atoms with Crippen molar-refractivity contribution >= 4 is 11.6 Å². The molecule has 1 aromatic carbocycles. The number of pyridine rings is 1. The molecule has 4 heterocycles. The van der Waals surface area contributed by atoms with E-state index in [0.29, 0.717) is 18.1 Å². The Morgan fingerprint density at radius 3 is 2.70 bits per heavy atom. The number of hydrogen-bond donors (Lipinski definition) is 0. The van der Waals surface area contributed by atoms with E-state index < -0.39 is 0 Å². The first-order valence-electron chi connectivity index (χ1n) is 8.65. The van der Waals surface area contributed by atoms with Crippen molar-refractivity contribution in [3.8, 4) is 22.6 Å². The Morgan fingerprint density at radius 1 is 1.00 bits per heavy atom. The Bertz CT molecular complexity index is 1100. The number of furan rings is 1. The summed E-state index contributed by atoms with van der Waals surface area (Å²) in [6, 6.07) is 15.2. The van der Waals surface area contributed by atoms with Crippen LogP contribution in [0.3, 0.4) is 0 Å². The van der Waals surface area contributed by atoms with E-state index >= 15 is 0 Å². The number of nitrogens with zero attached hydrogens (tertiary/aromatic N) is 3. The molecule has 1 aliphatic rings. The number of hydrogen-bond acceptors (Lipinski definition) is 5. The van der Waals surface area contributed by atoms with E-state index in [0.717, 1.165) is 28.8 Å². The van der Waals surface area contributed by atoms with Gasteiger partial charge in [0.1, 0.15) is 0 Å². The van der Waals surface area contributed by atoms with Crippen LogP contribution in [0.1, 0.15) is 16.1 Å². The first-order valence-corrected chi connectivity index (χ1v) is 8.65. The van der Waals surface area contributed by atoms with Crippen LogP contribution in [0.25, 0.3) is 22.6 Å². The quantitative estimate of drug-likeness (QED) is 0.549. The molecule has 0 fully saturated rings. The number of amides is 1. The summed E-state index contributed by atoms with van der Waals surface area (Å²) in [5.74, 6) is 0.813. The van der Waals surface area contributed by atoms with Gasteiger partial charge in [0, 0.05) is 30.7 Å². The van der Waals surface area contributed by atoms with Crippen LogP contribution in [0.4, 0.5) is 5.69 Å². The minimum absolute atomic E-state index is 0.174. The van der Waals surface area contributed by atoms with Gasteiger partial charge in [0.2, 0.25) is 5.76 Å². The van der Waals surface area contributed by atoms with Crippen molar-refractivity contribution in [2.45, 2.75) is 6.42 Å². The second kappa shape index (κ2) is 6.25. The minimum atomic E-state index is -0.174. The van der Waals surface area contributed by atoms with Gasteiger partial charge in [-0.15, -0.1) is 0 Å². The zero-order valence-corrected chi connectivity index (χ0v) is 14.3. The van der Waals surface area contributed by atoms with Crippen LogP contribution in [0.2, 0.25) is 0 Å². The lowest BCUT2D eigenvalue weighted by atomic mass is 10.0. The van der Waals surface area contributed by atoms with Gasteiger partial charge in [-0.25, -0.2) is 0 Å². The smallest absolute Gasteiger partial charge is 0.280 e. The number of benzene rings is 1. The average molecular weight is 357 g/mol. The van der Waals surface area contributed by atoms with Crippen LogP contribution >= 0.6 is 0 Å². The van der Waals surface area contributed by atoms with Gasteiger partial charge in [0.15, 0.2) is 11.5 Å². The number of carbonyl (C=O) groups excluding carboxylic acids is 1. The normalized spacial score (nSPS) is 13.0. The van der Waals surface area contributed by atoms with Gasteiger partial charge < -0.3 is 13.8 Å². The highest BCUT2D eigenvalue weighted by atomic mass is 16.5. The number of anilines is 1. The molecule has 6 nitrogen and oxygen atoms in total. The second-order valence-corrected chi connectivity index (χ2v) is 6.34. The predicted octanol–water partition coefficient (Wildman–Crippen LogP) is 4.20. The lowest BCUT2D eigenvalue weighted by Gasteiger charge is -2.16. The molecule has 5 rings (SSSR count). The maximum Gasteiger partial charge on any atom is 0.280 e. The van der Waals surface area contributed by atoms with Gasteiger partial charge in [-0.05, 0) is 59.5 Å². The Kier molecular flexibility index (Phi) is 3.60. The van der Waals surface area contributed by atoms with E-state index in [1.165, 1.54) is 0 Å². The van der Waals surface area contributed by atoms with Crippen LogP contribution < -0.4 is 4.90 Å². The summed E-state index contributed by atoms with van der Waals surface area (Å²) in [5, 5.41) is 3.92. The van der Waals surface area contributed by atoms with Crippen LogP contribution in [0, 0.1) is 0 Å². The lowest BCUT2D eigenvalue weighted by molar-refractivity contribution is 0.0980. The van der Waals surface area contributed by atoms with Crippen molar-refractivity contribution < 1.29 is 13.7 Å². The van der Waals surface area contributed by atoms with Gasteiger partial charge in [0.25, 0.3) is 5.91 Å². The molecule has 0 saturated heterocycles. The molecule has 3 aromatic heterocycles. The van der Waals surface area contributed by atoms with Crippen molar-refractivity contribution in [3.05, 3.63) is 78.4 Å². The Balaban J connectivity index is 1.43. The minimum Gasteiger partial charge on any atom is -0.461 e. The maximum absolute atomic E-state index is 12.9. The molecule has 0 bridgehead atoms. The Labute approximate surface area is 155 Å². The molecule has 0 aliphatic carbocycles. The van der Waals surface area contributed by atoms with Crippen LogP contribution in [0.5, 0.6) is 0 Å². The van der Waals surface area contributed by atoms with E-state index in [4.69, 9.17) is 8.94 Å². The topological polar surface area (TPSA) is 72.4 Å². The molecular formula is C21H15N3O3. The molecule has 4 aromatic rings. The summed E-state index contributed by atoms with van der Waals surface area (Å²) in [6.07, 6.45) is 5.92. The lowest BCUT2D eigenvalue weighted by Crippen LogP contribution is -2.29. The third-order valence-electron chi connectivity index (χ3n) is 4.73. The summed E-state index contributed by atoms with van der Waals surface area (Å²) in [6.45, 7) is 0.622. The molecule has 1 aliphatic heterocycles. The number of fused-ring (bicyclic) bond motifs is 1. The van der Waals surface area contributed by atoms with Gasteiger partial charge in [-0.2, -0.15) is 0 Å². The van der Waals surface area contributed by atoms with Gasteiger partial charge in [0.05, 0.1) is 6.26 Å². The fourth-order valence-electron chi connectivity index (χ4n) is 3.39. The second-order valence-electron chi connectivity index (χ2n) is 6.34. The van der Waals surface area contributed by atoms with Crippen molar-refractivity contribution in [1.82, 2.24) is 10.1 Å². The molecule has 0 atom stereocenters. The highest BCUT2D eigenvalue weighted by Gasteiger charge is 2.28. The monoisotopic (exact) mass is 357 g/mol. The van der Waals surface area contributed by atoms with E-state index in [-0.39, 0.29) is 11.6 Å². The standard InChI is InChI=1S/C21H15N3O3/c25-21(17-13-20(27-23-17)19-2-1-11-26-19)24-10-7-16-12-15(3-4-18(16)24)14-5-8-22-9-6-14/h1-6,8-9,11-13H,7,10H2. The Hall–Kier alpha value is -3.67. The van der Waals surface area contributed by atoms with Crippen molar-refractivity contribution in [3.63, 3.8) is 0 Å². The molecule has 0 spiro atoms. The van der Waals surface area contributed by atoms with E-state index in [9.17, 15) is 4.79 Å². The predicted molar refractivity (Wildman–Crippen MR) is 99.3 cm³/mol. The summed E-state index contributed by atoms with van der Waals surface area (Å²) in [4.78, 5) is 18.7. The van der Waals surface area contributed by atoms with Gasteiger partial charge in [-0.3, -0.25) is 9.78 Å². The first kappa shape index (κ1) is 15.6. The van der Waals surface area contributed by atoms with Crippen molar-refractivity contribution in [2.75, 3.05) is 11.4 Å². The van der Waals surface area contributed by atoms with Gasteiger partial charge in [-0.1, -0.05) is 11.2 Å². The maximum atomic E-state index is 12.9. The van der Waals surface area contributed by atoms with Crippen LogP contribution in [-0.4, -0.2) is 22.6 Å². The SMILES string of the molecule is O=C(c1cc(-c2ccco2)on1)N1CCc2cc(-c3ccncc3)ccc21. The van der Waals surface area contributed by atoms with E-state index in [2.05, 4.69) is 16.2 Å². The molecular weight excluding hydrogens is 342 g/mol. The number of rotatable bonds is 3. The van der Waals surface area contributed by atoms with Gasteiger partial charge >= 0.3 is 0 Å². The molecule has 0 radical (unpaired) electrons. The summed E-state index contributed by atoms with van der Waals surface area (Å²) in [5.41, 5.74) is 4.56. The number of carbonyl (C=O) groups is 1. The molecule has 0 N–H and O–H groups in total. The van der Waals surface area contributed by atoms with E-state index in [1.54, 1.807) is 41.8 Å². The largest absolute Gasteiger partial charge is 0.461 e.